The first-order valence-electron chi connectivity index (χ1n) is 5.55. The van der Waals surface area contributed by atoms with Crippen molar-refractivity contribution in [3.63, 3.8) is 0 Å². The van der Waals surface area contributed by atoms with Crippen molar-refractivity contribution in [3.8, 4) is 0 Å². The third kappa shape index (κ3) is 2.88. The molecule has 3 N–H and O–H groups in total. The zero-order valence-corrected chi connectivity index (χ0v) is 10.4. The lowest BCUT2D eigenvalue weighted by molar-refractivity contribution is 0.102. The molecule has 0 atom stereocenters. The number of hydrogen-bond donors (Lipinski definition) is 2. The van der Waals surface area contributed by atoms with Crippen molar-refractivity contribution in [1.82, 2.24) is 0 Å². The van der Waals surface area contributed by atoms with Gasteiger partial charge in [0.05, 0.1) is 0 Å². The molecule has 0 radical (unpaired) electrons. The molecule has 2 aromatic rings. The maximum absolute atomic E-state index is 12.0. The maximum Gasteiger partial charge on any atom is 0.255 e. The molecule has 0 heterocycles. The topological polar surface area (TPSA) is 55.1 Å². The summed E-state index contributed by atoms with van der Waals surface area (Å²) < 4.78 is 0. The standard InChI is InChI=1S/C14H13ClN2O/c15-12-6-3-5-10(8-12)14(18)17-13-7-2-1-4-11(13)9-16/h1-8H,9,16H2,(H,17,18). The molecule has 2 rings (SSSR count). The number of rotatable bonds is 3. The predicted octanol–water partition coefficient (Wildman–Crippen LogP) is 3.05. The summed E-state index contributed by atoms with van der Waals surface area (Å²) in [5, 5.41) is 3.36. The van der Waals surface area contributed by atoms with Crippen molar-refractivity contribution in [2.75, 3.05) is 5.32 Å². The van der Waals surface area contributed by atoms with E-state index >= 15 is 0 Å². The monoisotopic (exact) mass is 260 g/mol. The Balaban J connectivity index is 2.21. The average molecular weight is 261 g/mol. The van der Waals surface area contributed by atoms with Crippen molar-refractivity contribution in [2.45, 2.75) is 6.54 Å². The predicted molar refractivity (Wildman–Crippen MR) is 73.7 cm³/mol. The van der Waals surface area contributed by atoms with E-state index in [0.29, 0.717) is 17.1 Å². The van der Waals surface area contributed by atoms with Crippen molar-refractivity contribution >= 4 is 23.2 Å². The number of hydrogen-bond acceptors (Lipinski definition) is 2. The smallest absolute Gasteiger partial charge is 0.255 e. The number of carbonyl (C=O) groups excluding carboxylic acids is 1. The summed E-state index contributed by atoms with van der Waals surface area (Å²) >= 11 is 5.85. The van der Waals surface area contributed by atoms with Crippen molar-refractivity contribution in [1.29, 1.82) is 0 Å². The number of nitrogens with one attached hydrogen (secondary N) is 1. The lowest BCUT2D eigenvalue weighted by Gasteiger charge is -2.09. The van der Waals surface area contributed by atoms with Gasteiger partial charge in [-0.2, -0.15) is 0 Å². The minimum Gasteiger partial charge on any atom is -0.326 e. The van der Waals surface area contributed by atoms with Gasteiger partial charge in [-0.05, 0) is 29.8 Å². The van der Waals surface area contributed by atoms with Gasteiger partial charge in [0.15, 0.2) is 0 Å². The molecule has 18 heavy (non-hydrogen) atoms. The quantitative estimate of drug-likeness (QED) is 0.891. The number of amides is 1. The summed E-state index contributed by atoms with van der Waals surface area (Å²) in [7, 11) is 0. The first kappa shape index (κ1) is 12.6. The highest BCUT2D eigenvalue weighted by molar-refractivity contribution is 6.31. The van der Waals surface area contributed by atoms with Gasteiger partial charge in [-0.15, -0.1) is 0 Å². The molecule has 0 unspecified atom stereocenters. The van der Waals surface area contributed by atoms with Crippen LogP contribution in [-0.2, 0) is 6.54 Å². The van der Waals surface area contributed by atoms with Gasteiger partial charge in [0.1, 0.15) is 0 Å². The highest BCUT2D eigenvalue weighted by Crippen LogP contribution is 2.17. The third-order valence-corrected chi connectivity index (χ3v) is 2.81. The number of benzene rings is 2. The van der Waals surface area contributed by atoms with Crippen molar-refractivity contribution in [3.05, 3.63) is 64.7 Å². The van der Waals surface area contributed by atoms with Crippen LogP contribution in [-0.4, -0.2) is 5.91 Å². The van der Waals surface area contributed by atoms with Crippen LogP contribution in [0.15, 0.2) is 48.5 Å². The van der Waals surface area contributed by atoms with Crippen LogP contribution >= 0.6 is 11.6 Å². The van der Waals surface area contributed by atoms with Crippen LogP contribution < -0.4 is 11.1 Å². The number of carbonyl (C=O) groups is 1. The Morgan fingerprint density at radius 1 is 1.17 bits per heavy atom. The van der Waals surface area contributed by atoms with Crippen LogP contribution in [0.3, 0.4) is 0 Å². The van der Waals surface area contributed by atoms with Crippen LogP contribution in [0.25, 0.3) is 0 Å². The summed E-state index contributed by atoms with van der Waals surface area (Å²) in [5.74, 6) is -0.196. The lowest BCUT2D eigenvalue weighted by atomic mass is 10.1. The van der Waals surface area contributed by atoms with Gasteiger partial charge < -0.3 is 11.1 Å². The molecule has 0 saturated carbocycles. The molecule has 4 heteroatoms. The number of para-hydroxylation sites is 1. The van der Waals surface area contributed by atoms with Gasteiger partial charge >= 0.3 is 0 Å². The Labute approximate surface area is 111 Å². The van der Waals surface area contributed by atoms with Crippen LogP contribution in [0.2, 0.25) is 5.02 Å². The van der Waals surface area contributed by atoms with Gasteiger partial charge in [-0.25, -0.2) is 0 Å². The fraction of sp³-hybridized carbons (Fsp3) is 0.0714. The Bertz CT molecular complexity index is 569. The fourth-order valence-corrected chi connectivity index (χ4v) is 1.83. The van der Waals surface area contributed by atoms with Gasteiger partial charge in [-0.3, -0.25) is 4.79 Å². The summed E-state index contributed by atoms with van der Waals surface area (Å²) in [5.41, 5.74) is 7.76. The number of anilines is 1. The highest BCUT2D eigenvalue weighted by Gasteiger charge is 2.08. The first-order valence-corrected chi connectivity index (χ1v) is 5.93. The molecule has 0 bridgehead atoms. The van der Waals surface area contributed by atoms with E-state index in [-0.39, 0.29) is 5.91 Å². The molecular weight excluding hydrogens is 248 g/mol. The van der Waals surface area contributed by atoms with Gasteiger partial charge in [-0.1, -0.05) is 35.9 Å². The Morgan fingerprint density at radius 3 is 2.67 bits per heavy atom. The van der Waals surface area contributed by atoms with E-state index in [2.05, 4.69) is 5.32 Å². The molecular formula is C14H13ClN2O. The summed E-state index contributed by atoms with van der Waals surface area (Å²) in [4.78, 5) is 12.0. The van der Waals surface area contributed by atoms with Gasteiger partial charge in [0.25, 0.3) is 5.91 Å². The molecule has 0 spiro atoms. The Hall–Kier alpha value is -1.84. The van der Waals surface area contributed by atoms with Crippen molar-refractivity contribution < 1.29 is 4.79 Å². The van der Waals surface area contributed by atoms with E-state index in [0.717, 1.165) is 11.3 Å². The second-order valence-electron chi connectivity index (χ2n) is 3.83. The SMILES string of the molecule is NCc1ccccc1NC(=O)c1cccc(Cl)c1. The molecule has 92 valence electrons. The van der Waals surface area contributed by atoms with E-state index in [4.69, 9.17) is 17.3 Å². The maximum atomic E-state index is 12.0. The molecule has 0 fully saturated rings. The minimum absolute atomic E-state index is 0.196. The molecule has 2 aromatic carbocycles. The zero-order chi connectivity index (χ0) is 13.0. The third-order valence-electron chi connectivity index (χ3n) is 2.57. The lowest BCUT2D eigenvalue weighted by Crippen LogP contribution is -2.14. The molecule has 0 aromatic heterocycles. The first-order chi connectivity index (χ1) is 8.70. The molecule has 0 aliphatic rings. The summed E-state index contributed by atoms with van der Waals surface area (Å²) in [6, 6.07) is 14.3. The summed E-state index contributed by atoms with van der Waals surface area (Å²) in [6.45, 7) is 0.381. The highest BCUT2D eigenvalue weighted by atomic mass is 35.5. The number of halogens is 1. The van der Waals surface area contributed by atoms with Crippen LogP contribution in [0.5, 0.6) is 0 Å². The average Bonchev–Trinajstić information content (AvgIpc) is 2.39. The van der Waals surface area contributed by atoms with Crippen LogP contribution in [0.4, 0.5) is 5.69 Å². The largest absolute Gasteiger partial charge is 0.326 e. The minimum atomic E-state index is -0.196. The molecule has 3 nitrogen and oxygen atoms in total. The van der Waals surface area contributed by atoms with E-state index in [1.54, 1.807) is 24.3 Å². The van der Waals surface area contributed by atoms with Crippen LogP contribution in [0, 0.1) is 0 Å². The van der Waals surface area contributed by atoms with Gasteiger partial charge in [0.2, 0.25) is 0 Å². The van der Waals surface area contributed by atoms with E-state index in [1.807, 2.05) is 24.3 Å². The van der Waals surface area contributed by atoms with E-state index in [1.165, 1.54) is 0 Å². The van der Waals surface area contributed by atoms with Gasteiger partial charge in [0, 0.05) is 22.8 Å². The normalized spacial score (nSPS) is 10.1. The Morgan fingerprint density at radius 2 is 1.94 bits per heavy atom. The fourth-order valence-electron chi connectivity index (χ4n) is 1.64. The molecule has 0 saturated heterocycles. The summed E-state index contributed by atoms with van der Waals surface area (Å²) in [6.07, 6.45) is 0. The van der Waals surface area contributed by atoms with Crippen molar-refractivity contribution in [2.24, 2.45) is 5.73 Å². The van der Waals surface area contributed by atoms with E-state index in [9.17, 15) is 4.79 Å². The number of nitrogens with two attached hydrogens (primary N) is 1. The molecule has 0 aliphatic heterocycles. The second kappa shape index (κ2) is 5.67. The molecule has 1 amide bonds. The van der Waals surface area contributed by atoms with Crippen LogP contribution in [0.1, 0.15) is 15.9 Å². The molecule has 0 aliphatic carbocycles. The zero-order valence-electron chi connectivity index (χ0n) is 9.69. The second-order valence-corrected chi connectivity index (χ2v) is 4.26. The Kier molecular flexibility index (Phi) is 3.97. The van der Waals surface area contributed by atoms with E-state index < -0.39 is 0 Å².